The highest BCUT2D eigenvalue weighted by atomic mass is 16.6. The number of hydrogen-bond acceptors (Lipinski definition) is 6. The van der Waals surface area contributed by atoms with Crippen molar-refractivity contribution in [3.63, 3.8) is 0 Å². The van der Waals surface area contributed by atoms with Crippen molar-refractivity contribution in [1.29, 1.82) is 0 Å². The van der Waals surface area contributed by atoms with Crippen LogP contribution < -0.4 is 5.73 Å². The van der Waals surface area contributed by atoms with E-state index in [1.165, 1.54) is 11.8 Å². The minimum absolute atomic E-state index is 0.351. The van der Waals surface area contributed by atoms with E-state index in [2.05, 4.69) is 0 Å². The molecule has 1 aliphatic rings. The summed E-state index contributed by atoms with van der Waals surface area (Å²) in [5.41, 5.74) is 2.34. The van der Waals surface area contributed by atoms with Gasteiger partial charge in [0.25, 0.3) is 5.54 Å². The molecule has 1 fully saturated rings. The molecule has 7 heteroatoms. The number of likely N-dealkylation sites (tertiary alicyclic amines) is 1. The Kier molecular flexibility index (Phi) is 5.11. The number of carbonyl (C=O) groups excluding carboxylic acids is 2. The molecular weight excluding hydrogens is 276 g/mol. The molecule has 1 rings (SSSR count). The van der Waals surface area contributed by atoms with Gasteiger partial charge in [-0.3, -0.25) is 9.69 Å². The second-order valence-electron chi connectivity index (χ2n) is 6.36. The first-order valence-electron chi connectivity index (χ1n) is 7.05. The number of carboxylic acid groups (broad SMARTS) is 1. The Labute approximate surface area is 124 Å². The summed E-state index contributed by atoms with van der Waals surface area (Å²) in [5, 5.41) is 9.65. The first-order chi connectivity index (χ1) is 9.53. The average Bonchev–Trinajstić information content (AvgIpc) is 2.80. The van der Waals surface area contributed by atoms with Gasteiger partial charge in [-0.1, -0.05) is 0 Å². The minimum atomic E-state index is -2.35. The highest BCUT2D eigenvalue weighted by Crippen LogP contribution is 2.28. The van der Waals surface area contributed by atoms with Gasteiger partial charge in [-0.25, -0.2) is 9.59 Å². The Morgan fingerprint density at radius 3 is 2.00 bits per heavy atom. The van der Waals surface area contributed by atoms with E-state index in [1.54, 1.807) is 20.8 Å². The molecule has 21 heavy (non-hydrogen) atoms. The quantitative estimate of drug-likeness (QED) is 0.550. The van der Waals surface area contributed by atoms with E-state index in [1.807, 2.05) is 0 Å². The zero-order chi connectivity index (χ0) is 16.4. The number of rotatable bonds is 5. The second-order valence-corrected chi connectivity index (χ2v) is 6.36. The van der Waals surface area contributed by atoms with E-state index in [9.17, 15) is 19.5 Å². The van der Waals surface area contributed by atoms with Crippen LogP contribution in [0.4, 0.5) is 0 Å². The maximum atomic E-state index is 12.5. The van der Waals surface area contributed by atoms with Crippen molar-refractivity contribution >= 4 is 17.7 Å². The molecule has 0 radical (unpaired) electrons. The van der Waals surface area contributed by atoms with Gasteiger partial charge in [0, 0.05) is 13.1 Å². The van der Waals surface area contributed by atoms with Gasteiger partial charge in [0.2, 0.25) is 0 Å². The van der Waals surface area contributed by atoms with Gasteiger partial charge in [0.15, 0.2) is 5.78 Å². The highest BCUT2D eigenvalue weighted by Gasteiger charge is 2.60. The van der Waals surface area contributed by atoms with E-state index in [-0.39, 0.29) is 0 Å². The van der Waals surface area contributed by atoms with E-state index >= 15 is 0 Å². The molecule has 0 amide bonds. The number of hydrogen-bond donors (Lipinski definition) is 2. The van der Waals surface area contributed by atoms with E-state index in [0.29, 0.717) is 13.1 Å². The van der Waals surface area contributed by atoms with Crippen LogP contribution >= 0.6 is 0 Å². The van der Waals surface area contributed by atoms with Gasteiger partial charge in [-0.2, -0.15) is 0 Å². The molecule has 1 aliphatic heterocycles. The van der Waals surface area contributed by atoms with Gasteiger partial charge in [0.05, 0.1) is 6.04 Å². The molecule has 120 valence electrons. The number of carbonyl (C=O) groups is 3. The fraction of sp³-hybridized carbons (Fsp3) is 0.786. The monoisotopic (exact) mass is 300 g/mol. The first kappa shape index (κ1) is 17.6. The second kappa shape index (κ2) is 6.11. The number of esters is 1. The lowest BCUT2D eigenvalue weighted by atomic mass is 9.87. The lowest BCUT2D eigenvalue weighted by molar-refractivity contribution is -0.181. The summed E-state index contributed by atoms with van der Waals surface area (Å²) >= 11 is 0. The molecule has 7 nitrogen and oxygen atoms in total. The summed E-state index contributed by atoms with van der Waals surface area (Å²) in [6, 6.07) is -1.07. The molecule has 2 atom stereocenters. The van der Waals surface area contributed by atoms with Crippen molar-refractivity contribution in [2.45, 2.75) is 57.7 Å². The predicted octanol–water partition coefficient (Wildman–Crippen LogP) is 0.164. The van der Waals surface area contributed by atoms with Crippen molar-refractivity contribution in [1.82, 2.24) is 4.90 Å². The summed E-state index contributed by atoms with van der Waals surface area (Å²) in [4.78, 5) is 38.2. The van der Waals surface area contributed by atoms with Crippen LogP contribution in [0.5, 0.6) is 0 Å². The number of aliphatic carboxylic acids is 1. The van der Waals surface area contributed by atoms with Gasteiger partial charge in [-0.05, 0) is 40.5 Å². The summed E-state index contributed by atoms with van der Waals surface area (Å²) in [5.74, 6) is -3.43. The van der Waals surface area contributed by atoms with Crippen molar-refractivity contribution in [3.05, 3.63) is 0 Å². The molecule has 0 saturated carbocycles. The predicted molar refractivity (Wildman–Crippen MR) is 75.7 cm³/mol. The number of ether oxygens (including phenoxy) is 1. The van der Waals surface area contributed by atoms with Crippen LogP contribution in [0, 0.1) is 0 Å². The van der Waals surface area contributed by atoms with Crippen molar-refractivity contribution < 1.29 is 24.2 Å². The van der Waals surface area contributed by atoms with Crippen LogP contribution in [0.15, 0.2) is 0 Å². The largest absolute Gasteiger partial charge is 0.479 e. The maximum Gasteiger partial charge on any atom is 0.346 e. The summed E-state index contributed by atoms with van der Waals surface area (Å²) in [6.07, 6.45) is 1.45. The molecule has 1 unspecified atom stereocenters. The Morgan fingerprint density at radius 2 is 1.67 bits per heavy atom. The number of ketones is 1. The molecule has 0 aromatic rings. The number of nitrogens with two attached hydrogens (primary N) is 1. The van der Waals surface area contributed by atoms with Crippen LogP contribution in [0.1, 0.15) is 40.5 Å². The lowest BCUT2D eigenvalue weighted by Gasteiger charge is -2.37. The summed E-state index contributed by atoms with van der Waals surface area (Å²) < 4.78 is 5.21. The zero-order valence-corrected chi connectivity index (χ0v) is 13.0. The molecular formula is C14H24N2O5. The molecule has 0 spiro atoms. The Balaban J connectivity index is 3.33. The molecule has 0 bridgehead atoms. The molecule has 3 N–H and O–H groups in total. The minimum Gasteiger partial charge on any atom is -0.479 e. The van der Waals surface area contributed by atoms with Gasteiger partial charge >= 0.3 is 11.9 Å². The topological polar surface area (TPSA) is 110 Å². The molecule has 0 aromatic carbocycles. The third kappa shape index (κ3) is 3.41. The Bertz CT molecular complexity index is 435. The molecule has 0 aromatic heterocycles. The number of nitrogens with zero attached hydrogens (tertiary/aromatic N) is 1. The summed E-state index contributed by atoms with van der Waals surface area (Å²) in [7, 11) is 0. The zero-order valence-electron chi connectivity index (χ0n) is 13.0. The Morgan fingerprint density at radius 1 is 1.19 bits per heavy atom. The van der Waals surface area contributed by atoms with E-state index in [0.717, 1.165) is 12.8 Å². The smallest absolute Gasteiger partial charge is 0.346 e. The molecule has 0 aliphatic carbocycles. The third-order valence-electron chi connectivity index (χ3n) is 3.35. The van der Waals surface area contributed by atoms with Gasteiger partial charge in [-0.15, -0.1) is 0 Å². The highest BCUT2D eigenvalue weighted by molar-refractivity contribution is 6.26. The molecule has 1 heterocycles. The van der Waals surface area contributed by atoms with Crippen LogP contribution in [0.25, 0.3) is 0 Å². The SMILES string of the molecule is C[C@H](N)C(=O)C(C(=O)O)(C(=O)OC(C)(C)C)N1CCCC1. The number of carboxylic acids is 1. The number of Topliss-reactive ketones (excluding diaryl/α,β-unsaturated/α-hetero) is 1. The van der Waals surface area contributed by atoms with Gasteiger partial charge < -0.3 is 15.6 Å². The van der Waals surface area contributed by atoms with Crippen molar-refractivity contribution in [2.75, 3.05) is 13.1 Å². The van der Waals surface area contributed by atoms with Crippen molar-refractivity contribution in [2.24, 2.45) is 5.73 Å². The van der Waals surface area contributed by atoms with Crippen LogP contribution in [0.2, 0.25) is 0 Å². The average molecular weight is 300 g/mol. The Hall–Kier alpha value is -1.47. The first-order valence-corrected chi connectivity index (χ1v) is 7.05. The maximum absolute atomic E-state index is 12.5. The van der Waals surface area contributed by atoms with E-state index in [4.69, 9.17) is 10.5 Å². The van der Waals surface area contributed by atoms with Crippen molar-refractivity contribution in [3.8, 4) is 0 Å². The fourth-order valence-corrected chi connectivity index (χ4v) is 2.45. The summed E-state index contributed by atoms with van der Waals surface area (Å²) in [6.45, 7) is 6.95. The molecule has 1 saturated heterocycles. The standard InChI is InChI=1S/C14H24N2O5/c1-9(15)10(17)14(11(18)19,16-7-5-6-8-16)12(20)21-13(2,3)4/h9H,5-8,15H2,1-4H3,(H,18,19)/t9-,14?/m0/s1. The lowest BCUT2D eigenvalue weighted by Crippen LogP contribution is -2.68. The fourth-order valence-electron chi connectivity index (χ4n) is 2.45. The van der Waals surface area contributed by atoms with Crippen LogP contribution in [0.3, 0.4) is 0 Å². The van der Waals surface area contributed by atoms with E-state index < -0.39 is 34.9 Å². The van der Waals surface area contributed by atoms with Crippen LogP contribution in [-0.4, -0.2) is 58.0 Å². The normalized spacial score (nSPS) is 20.6. The van der Waals surface area contributed by atoms with Gasteiger partial charge in [0.1, 0.15) is 5.60 Å². The van der Waals surface area contributed by atoms with Crippen LogP contribution in [-0.2, 0) is 19.1 Å². The third-order valence-corrected chi connectivity index (χ3v) is 3.35.